The topological polar surface area (TPSA) is 15.3 Å². The van der Waals surface area contributed by atoms with Crippen molar-refractivity contribution in [3.05, 3.63) is 35.4 Å². The standard InChI is InChI=1S/C16H26N2/c1-14-5-4-9-18(10-8-14)13-16-7-3-6-15(11-16)12-17-2/h3,6-7,11,14,17H,4-5,8-10,12-13H2,1-2H3. The van der Waals surface area contributed by atoms with Gasteiger partial charge in [0.1, 0.15) is 0 Å². The Morgan fingerprint density at radius 2 is 2.06 bits per heavy atom. The molecule has 18 heavy (non-hydrogen) atoms. The first-order valence-electron chi connectivity index (χ1n) is 7.22. The zero-order chi connectivity index (χ0) is 12.8. The molecule has 0 amide bonds. The van der Waals surface area contributed by atoms with Crippen LogP contribution in [0.2, 0.25) is 0 Å². The summed E-state index contributed by atoms with van der Waals surface area (Å²) >= 11 is 0. The third kappa shape index (κ3) is 4.11. The van der Waals surface area contributed by atoms with Crippen LogP contribution in [0.25, 0.3) is 0 Å². The smallest absolute Gasteiger partial charge is 0.0233 e. The lowest BCUT2D eigenvalue weighted by Gasteiger charge is -2.20. The fourth-order valence-electron chi connectivity index (χ4n) is 2.78. The summed E-state index contributed by atoms with van der Waals surface area (Å²) in [6, 6.07) is 8.98. The second kappa shape index (κ2) is 6.91. The Kier molecular flexibility index (Phi) is 5.21. The van der Waals surface area contributed by atoms with Gasteiger partial charge in [-0.1, -0.05) is 31.2 Å². The minimum atomic E-state index is 0.908. The number of nitrogens with one attached hydrogen (secondary N) is 1. The molecule has 1 heterocycles. The molecular formula is C16H26N2. The van der Waals surface area contributed by atoms with E-state index in [0.717, 1.165) is 19.0 Å². The van der Waals surface area contributed by atoms with Gasteiger partial charge in [0.05, 0.1) is 0 Å². The van der Waals surface area contributed by atoms with Gasteiger partial charge in [-0.05, 0) is 56.4 Å². The van der Waals surface area contributed by atoms with Crippen LogP contribution >= 0.6 is 0 Å². The number of hydrogen-bond donors (Lipinski definition) is 1. The Balaban J connectivity index is 1.93. The van der Waals surface area contributed by atoms with E-state index in [1.54, 1.807) is 0 Å². The van der Waals surface area contributed by atoms with E-state index in [1.165, 1.54) is 43.5 Å². The normalized spacial score (nSPS) is 21.8. The van der Waals surface area contributed by atoms with Gasteiger partial charge in [0, 0.05) is 13.1 Å². The van der Waals surface area contributed by atoms with Crippen molar-refractivity contribution in [3.8, 4) is 0 Å². The quantitative estimate of drug-likeness (QED) is 0.878. The number of benzene rings is 1. The molecule has 0 bridgehead atoms. The van der Waals surface area contributed by atoms with Gasteiger partial charge >= 0.3 is 0 Å². The first kappa shape index (κ1) is 13.6. The highest BCUT2D eigenvalue weighted by Crippen LogP contribution is 2.18. The van der Waals surface area contributed by atoms with E-state index in [0.29, 0.717) is 0 Å². The van der Waals surface area contributed by atoms with E-state index in [-0.39, 0.29) is 0 Å². The molecule has 2 rings (SSSR count). The number of hydrogen-bond acceptors (Lipinski definition) is 2. The average molecular weight is 246 g/mol. The van der Waals surface area contributed by atoms with Crippen LogP contribution in [0, 0.1) is 5.92 Å². The molecule has 0 aliphatic carbocycles. The minimum Gasteiger partial charge on any atom is -0.316 e. The Bertz CT molecular complexity index is 362. The van der Waals surface area contributed by atoms with Crippen LogP contribution in [-0.4, -0.2) is 25.0 Å². The van der Waals surface area contributed by atoms with E-state index in [4.69, 9.17) is 0 Å². The highest BCUT2D eigenvalue weighted by Gasteiger charge is 2.13. The SMILES string of the molecule is CNCc1cccc(CN2CCCC(C)CC2)c1. The molecule has 2 nitrogen and oxygen atoms in total. The zero-order valence-electron chi connectivity index (χ0n) is 11.8. The zero-order valence-corrected chi connectivity index (χ0v) is 11.8. The maximum atomic E-state index is 3.22. The van der Waals surface area contributed by atoms with Gasteiger partial charge in [-0.2, -0.15) is 0 Å². The van der Waals surface area contributed by atoms with E-state index >= 15 is 0 Å². The van der Waals surface area contributed by atoms with Gasteiger partial charge in [-0.3, -0.25) is 4.90 Å². The Morgan fingerprint density at radius 1 is 1.22 bits per heavy atom. The first-order valence-corrected chi connectivity index (χ1v) is 7.22. The maximum absolute atomic E-state index is 3.22. The third-order valence-electron chi connectivity index (χ3n) is 3.89. The van der Waals surface area contributed by atoms with E-state index in [2.05, 4.69) is 41.4 Å². The van der Waals surface area contributed by atoms with Crippen molar-refractivity contribution in [2.45, 2.75) is 39.3 Å². The summed E-state index contributed by atoms with van der Waals surface area (Å²) < 4.78 is 0. The number of likely N-dealkylation sites (tertiary alicyclic amines) is 1. The summed E-state index contributed by atoms with van der Waals surface area (Å²) in [6.07, 6.45) is 4.11. The average Bonchev–Trinajstić information content (AvgIpc) is 2.56. The molecule has 0 aromatic heterocycles. The van der Waals surface area contributed by atoms with Crippen molar-refractivity contribution in [2.75, 3.05) is 20.1 Å². The van der Waals surface area contributed by atoms with Gasteiger partial charge in [-0.25, -0.2) is 0 Å². The third-order valence-corrected chi connectivity index (χ3v) is 3.89. The molecule has 1 aliphatic heterocycles. The first-order chi connectivity index (χ1) is 8.78. The molecule has 0 saturated carbocycles. The van der Waals surface area contributed by atoms with Crippen LogP contribution in [0.4, 0.5) is 0 Å². The van der Waals surface area contributed by atoms with Crippen LogP contribution in [0.3, 0.4) is 0 Å². The highest BCUT2D eigenvalue weighted by atomic mass is 15.1. The van der Waals surface area contributed by atoms with Gasteiger partial charge in [0.25, 0.3) is 0 Å². The van der Waals surface area contributed by atoms with Gasteiger partial charge in [0.15, 0.2) is 0 Å². The van der Waals surface area contributed by atoms with Crippen molar-refractivity contribution in [1.82, 2.24) is 10.2 Å². The Hall–Kier alpha value is -0.860. The number of nitrogens with zero attached hydrogens (tertiary/aromatic N) is 1. The van der Waals surface area contributed by atoms with Crippen molar-refractivity contribution in [2.24, 2.45) is 5.92 Å². The molecular weight excluding hydrogens is 220 g/mol. The molecule has 1 fully saturated rings. The lowest BCUT2D eigenvalue weighted by Crippen LogP contribution is -2.24. The minimum absolute atomic E-state index is 0.908. The van der Waals surface area contributed by atoms with Crippen LogP contribution in [0.15, 0.2) is 24.3 Å². The molecule has 1 unspecified atom stereocenters. The number of rotatable bonds is 4. The summed E-state index contributed by atoms with van der Waals surface area (Å²) in [5.74, 6) is 0.908. The summed E-state index contributed by atoms with van der Waals surface area (Å²) in [5, 5.41) is 3.22. The van der Waals surface area contributed by atoms with Crippen LogP contribution in [-0.2, 0) is 13.1 Å². The van der Waals surface area contributed by atoms with Gasteiger partial charge < -0.3 is 5.32 Å². The van der Waals surface area contributed by atoms with Gasteiger partial charge in [-0.15, -0.1) is 0 Å². The lowest BCUT2D eigenvalue weighted by molar-refractivity contribution is 0.273. The molecule has 1 aliphatic rings. The van der Waals surface area contributed by atoms with Crippen LogP contribution < -0.4 is 5.32 Å². The van der Waals surface area contributed by atoms with E-state index < -0.39 is 0 Å². The fraction of sp³-hybridized carbons (Fsp3) is 0.625. The molecule has 1 N–H and O–H groups in total. The predicted octanol–water partition coefficient (Wildman–Crippen LogP) is 3.03. The molecule has 1 atom stereocenters. The lowest BCUT2D eigenvalue weighted by atomic mass is 10.0. The van der Waals surface area contributed by atoms with Crippen LogP contribution in [0.5, 0.6) is 0 Å². The highest BCUT2D eigenvalue weighted by molar-refractivity contribution is 5.23. The Labute approximate surface area is 111 Å². The summed E-state index contributed by atoms with van der Waals surface area (Å²) in [5.41, 5.74) is 2.84. The molecule has 0 spiro atoms. The van der Waals surface area contributed by atoms with Crippen molar-refractivity contribution < 1.29 is 0 Å². The monoisotopic (exact) mass is 246 g/mol. The van der Waals surface area contributed by atoms with Crippen molar-refractivity contribution >= 4 is 0 Å². The predicted molar refractivity (Wildman–Crippen MR) is 77.5 cm³/mol. The second-order valence-electron chi connectivity index (χ2n) is 5.66. The molecule has 1 aromatic carbocycles. The second-order valence-corrected chi connectivity index (χ2v) is 5.66. The molecule has 1 aromatic rings. The molecule has 2 heteroatoms. The largest absolute Gasteiger partial charge is 0.316 e. The molecule has 0 radical (unpaired) electrons. The van der Waals surface area contributed by atoms with Gasteiger partial charge in [0.2, 0.25) is 0 Å². The summed E-state index contributed by atoms with van der Waals surface area (Å²) in [4.78, 5) is 2.61. The molecule has 1 saturated heterocycles. The van der Waals surface area contributed by atoms with Crippen molar-refractivity contribution in [3.63, 3.8) is 0 Å². The summed E-state index contributed by atoms with van der Waals surface area (Å²) in [7, 11) is 2.00. The van der Waals surface area contributed by atoms with E-state index in [9.17, 15) is 0 Å². The van der Waals surface area contributed by atoms with Crippen LogP contribution in [0.1, 0.15) is 37.3 Å². The molecule has 100 valence electrons. The van der Waals surface area contributed by atoms with Crippen molar-refractivity contribution in [1.29, 1.82) is 0 Å². The fourth-order valence-corrected chi connectivity index (χ4v) is 2.78. The summed E-state index contributed by atoms with van der Waals surface area (Å²) in [6.45, 7) is 6.99. The maximum Gasteiger partial charge on any atom is 0.0233 e. The van der Waals surface area contributed by atoms with E-state index in [1.807, 2.05) is 7.05 Å². The Morgan fingerprint density at radius 3 is 2.89 bits per heavy atom.